The SMILES string of the molecule is CC(=O)C(Cl)c1ccc(C)c(N)c1. The molecule has 0 aliphatic carbocycles. The standard InChI is InChI=1S/C10H12ClNO/c1-6-3-4-8(5-9(6)12)10(11)7(2)13/h3-5,10H,12H2,1-2H3. The second kappa shape index (κ2) is 3.79. The number of Topliss-reactive ketones (excluding diaryl/α,β-unsaturated/α-hetero) is 1. The maximum Gasteiger partial charge on any atom is 0.152 e. The molecule has 0 aliphatic rings. The molecule has 0 spiro atoms. The quantitative estimate of drug-likeness (QED) is 0.585. The third-order valence-corrected chi connectivity index (χ3v) is 2.51. The lowest BCUT2D eigenvalue weighted by Gasteiger charge is -2.07. The molecular weight excluding hydrogens is 186 g/mol. The van der Waals surface area contributed by atoms with Crippen LogP contribution >= 0.6 is 11.6 Å². The topological polar surface area (TPSA) is 43.1 Å². The Hall–Kier alpha value is -1.02. The van der Waals surface area contributed by atoms with Gasteiger partial charge in [-0.2, -0.15) is 0 Å². The van der Waals surface area contributed by atoms with E-state index in [1.807, 2.05) is 19.1 Å². The molecule has 1 rings (SSSR count). The van der Waals surface area contributed by atoms with Crippen LogP contribution in [-0.2, 0) is 4.79 Å². The van der Waals surface area contributed by atoms with Crippen molar-refractivity contribution in [3.63, 3.8) is 0 Å². The molecule has 0 bridgehead atoms. The summed E-state index contributed by atoms with van der Waals surface area (Å²) in [5.74, 6) is -0.0649. The molecule has 2 N–H and O–H groups in total. The number of hydrogen-bond acceptors (Lipinski definition) is 2. The van der Waals surface area contributed by atoms with Gasteiger partial charge in [0.05, 0.1) is 0 Å². The number of carbonyl (C=O) groups excluding carboxylic acids is 1. The van der Waals surface area contributed by atoms with Crippen molar-refractivity contribution in [1.29, 1.82) is 0 Å². The van der Waals surface area contributed by atoms with Crippen LogP contribution < -0.4 is 5.73 Å². The molecule has 1 aromatic carbocycles. The van der Waals surface area contributed by atoms with E-state index < -0.39 is 5.38 Å². The van der Waals surface area contributed by atoms with E-state index in [9.17, 15) is 4.79 Å². The lowest BCUT2D eigenvalue weighted by atomic mass is 10.1. The molecular formula is C10H12ClNO. The highest BCUT2D eigenvalue weighted by Crippen LogP contribution is 2.24. The average molecular weight is 198 g/mol. The first-order valence-electron chi connectivity index (χ1n) is 4.03. The average Bonchev–Trinajstić information content (AvgIpc) is 2.08. The summed E-state index contributed by atoms with van der Waals surface area (Å²) < 4.78 is 0. The van der Waals surface area contributed by atoms with E-state index in [-0.39, 0.29) is 5.78 Å². The number of rotatable bonds is 2. The monoisotopic (exact) mass is 197 g/mol. The van der Waals surface area contributed by atoms with Gasteiger partial charge in [0.1, 0.15) is 5.38 Å². The largest absolute Gasteiger partial charge is 0.399 e. The zero-order valence-corrected chi connectivity index (χ0v) is 8.43. The van der Waals surface area contributed by atoms with E-state index >= 15 is 0 Å². The van der Waals surface area contributed by atoms with Gasteiger partial charge in [-0.3, -0.25) is 4.79 Å². The minimum atomic E-state index is -0.581. The third-order valence-electron chi connectivity index (χ3n) is 1.95. The molecule has 0 heterocycles. The smallest absolute Gasteiger partial charge is 0.152 e. The Kier molecular flexibility index (Phi) is 2.94. The molecule has 0 aliphatic heterocycles. The van der Waals surface area contributed by atoms with Crippen molar-refractivity contribution < 1.29 is 4.79 Å². The fourth-order valence-electron chi connectivity index (χ4n) is 1.05. The van der Waals surface area contributed by atoms with Crippen LogP contribution in [0.4, 0.5) is 5.69 Å². The van der Waals surface area contributed by atoms with Gasteiger partial charge in [-0.25, -0.2) is 0 Å². The summed E-state index contributed by atoms with van der Waals surface area (Å²) in [5.41, 5.74) is 8.12. The Balaban J connectivity index is 3.03. The summed E-state index contributed by atoms with van der Waals surface area (Å²) in [6.45, 7) is 3.38. The molecule has 0 amide bonds. The van der Waals surface area contributed by atoms with Crippen LogP contribution in [0.2, 0.25) is 0 Å². The Labute approximate surface area is 82.7 Å². The highest BCUT2D eigenvalue weighted by molar-refractivity contribution is 6.30. The van der Waals surface area contributed by atoms with Gasteiger partial charge in [0, 0.05) is 5.69 Å². The predicted molar refractivity (Wildman–Crippen MR) is 54.9 cm³/mol. The van der Waals surface area contributed by atoms with Crippen molar-refractivity contribution >= 4 is 23.1 Å². The number of benzene rings is 1. The first-order valence-corrected chi connectivity index (χ1v) is 4.46. The molecule has 1 atom stereocenters. The number of hydrogen-bond donors (Lipinski definition) is 1. The number of nitrogen functional groups attached to an aromatic ring is 1. The summed E-state index contributed by atoms with van der Waals surface area (Å²) in [7, 11) is 0. The number of nitrogens with two attached hydrogens (primary N) is 1. The minimum Gasteiger partial charge on any atom is -0.399 e. The van der Waals surface area contributed by atoms with E-state index in [0.717, 1.165) is 11.1 Å². The maximum atomic E-state index is 11.0. The Morgan fingerprint density at radius 1 is 1.54 bits per heavy atom. The summed E-state index contributed by atoms with van der Waals surface area (Å²) in [6, 6.07) is 5.43. The van der Waals surface area contributed by atoms with E-state index in [1.165, 1.54) is 6.92 Å². The van der Waals surface area contributed by atoms with Crippen LogP contribution in [0.3, 0.4) is 0 Å². The van der Waals surface area contributed by atoms with Crippen molar-refractivity contribution in [2.24, 2.45) is 0 Å². The number of aryl methyl sites for hydroxylation is 1. The third kappa shape index (κ3) is 2.22. The number of halogens is 1. The van der Waals surface area contributed by atoms with Crippen molar-refractivity contribution in [3.05, 3.63) is 29.3 Å². The highest BCUT2D eigenvalue weighted by atomic mass is 35.5. The molecule has 1 aromatic rings. The van der Waals surface area contributed by atoms with E-state index in [2.05, 4.69) is 0 Å². The van der Waals surface area contributed by atoms with E-state index in [4.69, 9.17) is 17.3 Å². The lowest BCUT2D eigenvalue weighted by Crippen LogP contribution is -2.02. The maximum absolute atomic E-state index is 11.0. The first kappa shape index (κ1) is 10.1. The first-order chi connectivity index (χ1) is 6.02. The summed E-state index contributed by atoms with van der Waals surface area (Å²) in [6.07, 6.45) is 0. The molecule has 70 valence electrons. The van der Waals surface area contributed by atoms with Gasteiger partial charge in [0.2, 0.25) is 0 Å². The summed E-state index contributed by atoms with van der Waals surface area (Å²) in [4.78, 5) is 11.0. The molecule has 0 saturated heterocycles. The van der Waals surface area contributed by atoms with Crippen LogP contribution in [0.1, 0.15) is 23.4 Å². The lowest BCUT2D eigenvalue weighted by molar-refractivity contribution is -0.116. The van der Waals surface area contributed by atoms with Crippen LogP contribution in [0, 0.1) is 6.92 Å². The molecule has 2 nitrogen and oxygen atoms in total. The Morgan fingerprint density at radius 2 is 2.15 bits per heavy atom. The van der Waals surface area contributed by atoms with Crippen molar-refractivity contribution in [1.82, 2.24) is 0 Å². The van der Waals surface area contributed by atoms with Gasteiger partial charge < -0.3 is 5.73 Å². The van der Waals surface area contributed by atoms with Crippen LogP contribution in [0.15, 0.2) is 18.2 Å². The van der Waals surface area contributed by atoms with Gasteiger partial charge in [-0.15, -0.1) is 11.6 Å². The van der Waals surface area contributed by atoms with Gasteiger partial charge in [-0.05, 0) is 31.0 Å². The zero-order chi connectivity index (χ0) is 10.0. The normalized spacial score (nSPS) is 12.5. The summed E-state index contributed by atoms with van der Waals surface area (Å²) >= 11 is 5.86. The van der Waals surface area contributed by atoms with E-state index in [1.54, 1.807) is 6.07 Å². The van der Waals surface area contributed by atoms with Crippen molar-refractivity contribution in [2.75, 3.05) is 5.73 Å². The predicted octanol–water partition coefficient (Wildman–Crippen LogP) is 2.45. The fraction of sp³-hybridized carbons (Fsp3) is 0.300. The van der Waals surface area contributed by atoms with Crippen LogP contribution in [0.5, 0.6) is 0 Å². The molecule has 0 saturated carbocycles. The fourth-order valence-corrected chi connectivity index (χ4v) is 1.19. The van der Waals surface area contributed by atoms with E-state index in [0.29, 0.717) is 5.69 Å². The van der Waals surface area contributed by atoms with Crippen LogP contribution in [0.25, 0.3) is 0 Å². The molecule has 0 aromatic heterocycles. The Morgan fingerprint density at radius 3 is 2.62 bits per heavy atom. The summed E-state index contributed by atoms with van der Waals surface area (Å²) in [5, 5.41) is -0.581. The number of carbonyl (C=O) groups is 1. The minimum absolute atomic E-state index is 0.0649. The van der Waals surface area contributed by atoms with Crippen molar-refractivity contribution in [2.45, 2.75) is 19.2 Å². The molecule has 3 heteroatoms. The second-order valence-corrected chi connectivity index (χ2v) is 3.53. The van der Waals surface area contributed by atoms with Gasteiger partial charge in [0.15, 0.2) is 5.78 Å². The van der Waals surface area contributed by atoms with Gasteiger partial charge >= 0.3 is 0 Å². The van der Waals surface area contributed by atoms with Gasteiger partial charge in [0.25, 0.3) is 0 Å². The van der Waals surface area contributed by atoms with Gasteiger partial charge in [-0.1, -0.05) is 12.1 Å². The number of anilines is 1. The highest BCUT2D eigenvalue weighted by Gasteiger charge is 2.13. The molecule has 0 radical (unpaired) electrons. The number of ketones is 1. The van der Waals surface area contributed by atoms with Crippen molar-refractivity contribution in [3.8, 4) is 0 Å². The van der Waals surface area contributed by atoms with Crippen LogP contribution in [-0.4, -0.2) is 5.78 Å². The molecule has 1 unspecified atom stereocenters. The molecule has 13 heavy (non-hydrogen) atoms. The number of alkyl halides is 1. The zero-order valence-electron chi connectivity index (χ0n) is 7.67. The molecule has 0 fully saturated rings. The second-order valence-electron chi connectivity index (χ2n) is 3.09. The Bertz CT molecular complexity index is 336.